The van der Waals surface area contributed by atoms with Crippen LogP contribution in [0.2, 0.25) is 0 Å². The lowest BCUT2D eigenvalue weighted by Crippen LogP contribution is -2.41. The van der Waals surface area contributed by atoms with E-state index in [4.69, 9.17) is 35.0 Å². The Balaban J connectivity index is -0.000000453. The molecule has 0 aliphatic heterocycles. The quantitative estimate of drug-likeness (QED) is 0.112. The predicted octanol–water partition coefficient (Wildman–Crippen LogP) is -9.60. The zero-order chi connectivity index (χ0) is 26.4. The largest absolute Gasteiger partial charge is 0.527 e. The minimum absolute atomic E-state index is 0.0972. The highest BCUT2D eigenvalue weighted by atomic mass is 28.2. The summed E-state index contributed by atoms with van der Waals surface area (Å²) in [5.74, 6) is -4.88. The third-order valence-electron chi connectivity index (χ3n) is 2.30. The van der Waals surface area contributed by atoms with Crippen molar-refractivity contribution in [1.29, 1.82) is 4.94 Å². The SMILES string of the molecule is O=[C]CC=O.[2H][SiH2]OC(=O)C(O)C(O)C(=O)O[SiH2][2H].[2H][SiH2]OC(=O)C(O)C(O)C(=O)O[SiH2][2H]. The molecule has 0 spiro atoms. The van der Waals surface area contributed by atoms with Gasteiger partial charge in [-0.2, -0.15) is 0 Å². The van der Waals surface area contributed by atoms with Crippen LogP contribution in [0.4, 0.5) is 0 Å². The second-order valence-corrected chi connectivity index (χ2v) is 5.30. The van der Waals surface area contributed by atoms with Gasteiger partial charge in [-0.1, -0.05) is 0 Å². The molecule has 1 radical (unpaired) electrons. The molecule has 29 heavy (non-hydrogen) atoms. The summed E-state index contributed by atoms with van der Waals surface area (Å²) < 4.78 is 43.1. The highest BCUT2D eigenvalue weighted by Gasteiger charge is 2.31. The van der Waals surface area contributed by atoms with Gasteiger partial charge in [0.2, 0.25) is 48.0 Å². The molecule has 4 atom stereocenters. The fourth-order valence-electron chi connectivity index (χ4n) is 0.891. The van der Waals surface area contributed by atoms with Crippen LogP contribution < -0.4 is 0 Å². The summed E-state index contributed by atoms with van der Waals surface area (Å²) in [6.07, 6.45) is -6.35. The Morgan fingerprint density at radius 1 is 0.759 bits per heavy atom. The van der Waals surface area contributed by atoms with Gasteiger partial charge in [0.25, 0.3) is 0 Å². The molecule has 0 saturated heterocycles. The number of carbonyl (C=O) groups excluding carboxylic acids is 6. The average molecular weight is 496 g/mol. The summed E-state index contributed by atoms with van der Waals surface area (Å²) in [5.41, 5.74) is 0. The highest BCUT2D eigenvalue weighted by molar-refractivity contribution is 6.09. The first-order chi connectivity index (χ1) is 15.5. The van der Waals surface area contributed by atoms with Crippen molar-refractivity contribution < 1.29 is 66.9 Å². The second-order valence-electron chi connectivity index (χ2n) is 4.15. The molecule has 0 rings (SSSR count). The van der Waals surface area contributed by atoms with E-state index in [1.807, 2.05) is 0 Å². The van der Waals surface area contributed by atoms with Crippen LogP contribution in [-0.2, 0) is 46.5 Å². The monoisotopic (exact) mass is 495 g/mol. The van der Waals surface area contributed by atoms with Crippen LogP contribution in [0.1, 0.15) is 6.42 Å². The summed E-state index contributed by atoms with van der Waals surface area (Å²) in [5, 5.41) is 35.9. The van der Waals surface area contributed by atoms with E-state index >= 15 is 0 Å². The van der Waals surface area contributed by atoms with E-state index in [1.165, 1.54) is 6.29 Å². The maximum absolute atomic E-state index is 10.7. The number of hydrogen-bond acceptors (Lipinski definition) is 14. The van der Waals surface area contributed by atoms with Crippen molar-refractivity contribution in [2.45, 2.75) is 30.8 Å². The van der Waals surface area contributed by atoms with Crippen molar-refractivity contribution in [1.82, 2.24) is 0 Å². The van der Waals surface area contributed by atoms with Crippen molar-refractivity contribution in [2.24, 2.45) is 0 Å². The van der Waals surface area contributed by atoms with E-state index in [0.717, 1.165) is 0 Å². The fourth-order valence-corrected chi connectivity index (χ4v) is 1.57. The minimum Gasteiger partial charge on any atom is -0.527 e. The molecule has 0 fully saturated rings. The Morgan fingerprint density at radius 3 is 1.10 bits per heavy atom. The Morgan fingerprint density at radius 2 is 1.00 bits per heavy atom. The molecule has 167 valence electrons. The summed E-state index contributed by atoms with van der Waals surface area (Å²) in [6, 6.07) is 0. The van der Waals surface area contributed by atoms with Gasteiger partial charge in [-0.25, -0.2) is 0 Å². The van der Waals surface area contributed by atoms with Crippen molar-refractivity contribution in [2.75, 3.05) is 0 Å². The smallest absolute Gasteiger partial charge is 0.324 e. The van der Waals surface area contributed by atoms with Crippen molar-refractivity contribution in [3.63, 3.8) is 0 Å². The first kappa shape index (κ1) is 23.2. The summed E-state index contributed by atoms with van der Waals surface area (Å²) >= 11 is 0. The number of aliphatic hydroxyl groups is 4. The highest BCUT2D eigenvalue weighted by Crippen LogP contribution is 1.98. The molecule has 0 heterocycles. The van der Waals surface area contributed by atoms with Gasteiger partial charge in [0.1, 0.15) is 6.29 Å². The zero-order valence-corrected chi connectivity index (χ0v) is 20.5. The first-order valence-electron chi connectivity index (χ1n) is 9.67. The minimum atomic E-state index is -2.04. The summed E-state index contributed by atoms with van der Waals surface area (Å²) in [7, 11) is -7.18. The van der Waals surface area contributed by atoms with Crippen LogP contribution in [0.15, 0.2) is 0 Å². The van der Waals surface area contributed by atoms with E-state index in [2.05, 4.69) is 17.7 Å². The fraction of sp³-hybridized carbons (Fsp3) is 0.455. The number of hydrogen-bond donors (Lipinski definition) is 4. The second kappa shape index (κ2) is 19.3. The van der Waals surface area contributed by atoms with E-state index < -0.39 is 90.0 Å². The van der Waals surface area contributed by atoms with E-state index in [9.17, 15) is 19.2 Å². The lowest BCUT2D eigenvalue weighted by molar-refractivity contribution is -0.162. The Kier molecular flexibility index (Phi) is 15.4. The molecule has 14 nitrogen and oxygen atoms in total. The standard InChI is InChI=1S/2C4H10O6Si2.C3H3O2/c2*5-1(3(7)9-11)2(6)4(8)10-12;4-2-1-3-5/h2*1-2,5-6H,11-12H3;2H,1H2/i2*11D,12D;. The molecular formula is C11H23O14Si4. The van der Waals surface area contributed by atoms with E-state index in [-0.39, 0.29) is 6.42 Å². The first-order valence-corrected chi connectivity index (χ1v) is 9.15. The van der Waals surface area contributed by atoms with Crippen LogP contribution in [0, 0.1) is 0 Å². The lowest BCUT2D eigenvalue weighted by Gasteiger charge is -2.13. The Bertz CT molecular complexity index is 524. The number of rotatable bonds is 12. The third kappa shape index (κ3) is 14.6. The van der Waals surface area contributed by atoms with Crippen molar-refractivity contribution >= 4 is 78.1 Å². The topological polar surface area (TPSA) is 220 Å². The maximum Gasteiger partial charge on any atom is 0.324 e. The summed E-state index contributed by atoms with van der Waals surface area (Å²) in [4.78, 5) is 61.1. The predicted molar refractivity (Wildman–Crippen MR) is 105 cm³/mol. The molecule has 0 aliphatic carbocycles. The van der Waals surface area contributed by atoms with Gasteiger partial charge in [-0.3, -0.25) is 24.0 Å². The number of carbonyl (C=O) groups is 5. The normalized spacial score (nSPS) is 16.7. The van der Waals surface area contributed by atoms with Crippen molar-refractivity contribution in [3.05, 3.63) is 0 Å². The van der Waals surface area contributed by atoms with Gasteiger partial charge in [0.15, 0.2) is 24.4 Å². The number of aliphatic hydroxyl groups excluding tert-OH is 4. The molecule has 0 aromatic rings. The van der Waals surface area contributed by atoms with Crippen LogP contribution in [0.25, 0.3) is 0 Å². The van der Waals surface area contributed by atoms with Gasteiger partial charge in [0.05, 0.1) is 11.4 Å². The molecule has 4 N–H and O–H groups in total. The lowest BCUT2D eigenvalue weighted by atomic mass is 10.2. The summed E-state index contributed by atoms with van der Waals surface area (Å²) in [6.45, 7) is 0. The molecule has 0 aromatic heterocycles. The molecule has 18 heteroatoms. The van der Waals surface area contributed by atoms with Crippen LogP contribution >= 0.6 is 0 Å². The molecule has 0 aromatic carbocycles. The molecule has 4 unspecified atom stereocenters. The Hall–Kier alpha value is -2.07. The van der Waals surface area contributed by atoms with Gasteiger partial charge in [-0.05, 0) is 0 Å². The van der Waals surface area contributed by atoms with Crippen molar-refractivity contribution in [3.8, 4) is 0 Å². The van der Waals surface area contributed by atoms with Crippen LogP contribution in [0.5, 0.6) is 0 Å². The number of aldehydes is 1. The van der Waals surface area contributed by atoms with Gasteiger partial charge >= 0.3 is 23.9 Å². The van der Waals surface area contributed by atoms with E-state index in [0.29, 0.717) is 6.29 Å². The van der Waals surface area contributed by atoms with Crippen LogP contribution in [0.3, 0.4) is 0 Å². The van der Waals surface area contributed by atoms with Gasteiger partial charge < -0.3 is 42.9 Å². The molecule has 0 bridgehead atoms. The van der Waals surface area contributed by atoms with E-state index in [1.54, 1.807) is 0 Å². The average Bonchev–Trinajstić information content (AvgIpc) is 2.79. The maximum atomic E-state index is 10.7. The molecular weight excluding hydrogens is 468 g/mol. The Labute approximate surface area is 181 Å². The molecule has 0 saturated carbocycles. The van der Waals surface area contributed by atoms with Gasteiger partial charge in [0, 0.05) is 0 Å². The van der Waals surface area contributed by atoms with Gasteiger partial charge in [-0.15, -0.1) is 0 Å². The molecule has 0 aliphatic rings. The molecule has 0 amide bonds. The zero-order valence-electron chi connectivity index (χ0n) is 18.8. The van der Waals surface area contributed by atoms with Crippen LogP contribution in [-0.4, -0.2) is 128 Å². The third-order valence-corrected chi connectivity index (χ3v) is 3.44.